The van der Waals surface area contributed by atoms with E-state index in [1.807, 2.05) is 0 Å². The Morgan fingerprint density at radius 1 is 1.26 bits per heavy atom. The molecule has 0 saturated carbocycles. The molecule has 0 bridgehead atoms. The van der Waals surface area contributed by atoms with E-state index in [-0.39, 0.29) is 12.2 Å². The van der Waals surface area contributed by atoms with Gasteiger partial charge < -0.3 is 9.64 Å². The summed E-state index contributed by atoms with van der Waals surface area (Å²) in [6.45, 7) is 3.86. The third kappa shape index (κ3) is 3.30. The molecule has 1 aliphatic heterocycles. The number of carbonyl (C=O) groups excluding carboxylic acids is 2. The predicted molar refractivity (Wildman–Crippen MR) is 71.3 cm³/mol. The van der Waals surface area contributed by atoms with Gasteiger partial charge in [0, 0.05) is 24.8 Å². The summed E-state index contributed by atoms with van der Waals surface area (Å²) in [6.07, 6.45) is 5.05. The number of aromatic nitrogens is 1. The van der Waals surface area contributed by atoms with Crippen LogP contribution in [0.25, 0.3) is 0 Å². The number of ether oxygens (including phenoxy) is 1. The highest BCUT2D eigenvalue weighted by atomic mass is 16.5. The monoisotopic (exact) mass is 262 g/mol. The van der Waals surface area contributed by atoms with Gasteiger partial charge in [0.2, 0.25) is 0 Å². The summed E-state index contributed by atoms with van der Waals surface area (Å²) >= 11 is 0. The molecular weight excluding hydrogens is 244 g/mol. The zero-order chi connectivity index (χ0) is 13.7. The van der Waals surface area contributed by atoms with Crippen LogP contribution in [0.2, 0.25) is 0 Å². The first-order chi connectivity index (χ1) is 9.22. The minimum Gasteiger partial charge on any atom is -0.460 e. The highest BCUT2D eigenvalue weighted by Gasteiger charge is 2.18. The molecular formula is C14H18N2O3. The van der Waals surface area contributed by atoms with Gasteiger partial charge in [-0.2, -0.15) is 0 Å². The van der Waals surface area contributed by atoms with Crippen molar-refractivity contribution in [1.29, 1.82) is 0 Å². The fraction of sp³-hybridized carbons (Fsp3) is 0.500. The number of pyridine rings is 1. The standard InChI is InChI=1S/C14H18N2O3/c1-2-19-14(18)13(17)11-6-7-12(15-10-11)16-8-4-3-5-9-16/h6-7,10H,2-5,8-9H2,1H3. The smallest absolute Gasteiger partial charge is 0.379 e. The number of rotatable bonds is 4. The topological polar surface area (TPSA) is 59.5 Å². The van der Waals surface area contributed by atoms with E-state index in [1.165, 1.54) is 25.5 Å². The van der Waals surface area contributed by atoms with E-state index in [9.17, 15) is 9.59 Å². The summed E-state index contributed by atoms with van der Waals surface area (Å²) in [5.41, 5.74) is 0.277. The van der Waals surface area contributed by atoms with Crippen LogP contribution in [-0.4, -0.2) is 36.4 Å². The number of piperidine rings is 1. The van der Waals surface area contributed by atoms with E-state index < -0.39 is 11.8 Å². The summed E-state index contributed by atoms with van der Waals surface area (Å²) in [5, 5.41) is 0. The van der Waals surface area contributed by atoms with E-state index in [2.05, 4.69) is 14.6 Å². The van der Waals surface area contributed by atoms with Crippen molar-refractivity contribution in [3.63, 3.8) is 0 Å². The molecule has 0 atom stereocenters. The Labute approximate surface area is 112 Å². The van der Waals surface area contributed by atoms with Crippen LogP contribution in [0, 0.1) is 0 Å². The van der Waals surface area contributed by atoms with Gasteiger partial charge in [-0.15, -0.1) is 0 Å². The highest BCUT2D eigenvalue weighted by Crippen LogP contribution is 2.17. The van der Waals surface area contributed by atoms with Crippen LogP contribution in [0.1, 0.15) is 36.5 Å². The Hall–Kier alpha value is -1.91. The average molecular weight is 262 g/mol. The number of Topliss-reactive ketones (excluding diaryl/α,β-unsaturated/α-hetero) is 1. The molecule has 0 spiro atoms. The van der Waals surface area contributed by atoms with Gasteiger partial charge in [0.05, 0.1) is 6.61 Å². The Kier molecular flexibility index (Phi) is 4.49. The molecule has 2 heterocycles. The lowest BCUT2D eigenvalue weighted by molar-refractivity contribution is -0.137. The van der Waals surface area contributed by atoms with Gasteiger partial charge in [-0.25, -0.2) is 9.78 Å². The zero-order valence-electron chi connectivity index (χ0n) is 11.1. The van der Waals surface area contributed by atoms with Gasteiger partial charge in [0.1, 0.15) is 5.82 Å². The van der Waals surface area contributed by atoms with E-state index >= 15 is 0 Å². The summed E-state index contributed by atoms with van der Waals surface area (Å²) < 4.78 is 4.68. The van der Waals surface area contributed by atoms with E-state index in [4.69, 9.17) is 0 Å². The van der Waals surface area contributed by atoms with Crippen molar-refractivity contribution >= 4 is 17.6 Å². The van der Waals surface area contributed by atoms with Crippen LogP contribution in [-0.2, 0) is 9.53 Å². The molecule has 1 saturated heterocycles. The van der Waals surface area contributed by atoms with Crippen molar-refractivity contribution in [2.24, 2.45) is 0 Å². The second-order valence-corrected chi connectivity index (χ2v) is 4.50. The summed E-state index contributed by atoms with van der Waals surface area (Å²) in [5.74, 6) is -0.602. The van der Waals surface area contributed by atoms with Gasteiger partial charge in [-0.3, -0.25) is 4.79 Å². The lowest BCUT2D eigenvalue weighted by atomic mass is 10.1. The first-order valence-electron chi connectivity index (χ1n) is 6.65. The SMILES string of the molecule is CCOC(=O)C(=O)c1ccc(N2CCCCC2)nc1. The molecule has 1 aliphatic rings. The molecule has 5 nitrogen and oxygen atoms in total. The highest BCUT2D eigenvalue weighted by molar-refractivity contribution is 6.40. The molecule has 5 heteroatoms. The predicted octanol–water partition coefficient (Wildman–Crippen LogP) is 1.82. The number of ketones is 1. The second kappa shape index (κ2) is 6.31. The van der Waals surface area contributed by atoms with Crippen LogP contribution in [0.15, 0.2) is 18.3 Å². The molecule has 0 aliphatic carbocycles. The normalized spacial score (nSPS) is 15.1. The van der Waals surface area contributed by atoms with Gasteiger partial charge in [0.25, 0.3) is 5.78 Å². The van der Waals surface area contributed by atoms with Crippen LogP contribution < -0.4 is 4.90 Å². The maximum Gasteiger partial charge on any atom is 0.379 e. The third-order valence-electron chi connectivity index (χ3n) is 3.15. The van der Waals surface area contributed by atoms with Crippen molar-refractivity contribution in [3.8, 4) is 0 Å². The summed E-state index contributed by atoms with van der Waals surface area (Å²) in [6, 6.07) is 3.42. The molecule has 102 valence electrons. The van der Waals surface area contributed by atoms with Crippen molar-refractivity contribution in [1.82, 2.24) is 4.98 Å². The summed E-state index contributed by atoms with van der Waals surface area (Å²) in [7, 11) is 0. The first kappa shape index (κ1) is 13.5. The first-order valence-corrected chi connectivity index (χ1v) is 6.65. The summed E-state index contributed by atoms with van der Waals surface area (Å²) in [4.78, 5) is 29.5. The fourth-order valence-corrected chi connectivity index (χ4v) is 2.14. The van der Waals surface area contributed by atoms with Crippen LogP contribution in [0.4, 0.5) is 5.82 Å². The lowest BCUT2D eigenvalue weighted by Crippen LogP contribution is -2.30. The van der Waals surface area contributed by atoms with E-state index in [0.717, 1.165) is 18.9 Å². The number of anilines is 1. The van der Waals surface area contributed by atoms with Crippen molar-refractivity contribution < 1.29 is 14.3 Å². The molecule has 0 aromatic carbocycles. The van der Waals surface area contributed by atoms with Crippen molar-refractivity contribution in [2.45, 2.75) is 26.2 Å². The molecule has 1 aromatic rings. The van der Waals surface area contributed by atoms with Crippen LogP contribution >= 0.6 is 0 Å². The maximum absolute atomic E-state index is 11.7. The average Bonchev–Trinajstić information content (AvgIpc) is 2.48. The lowest BCUT2D eigenvalue weighted by Gasteiger charge is -2.27. The Morgan fingerprint density at radius 2 is 2.00 bits per heavy atom. The molecule has 0 unspecified atom stereocenters. The quantitative estimate of drug-likeness (QED) is 0.470. The number of esters is 1. The fourth-order valence-electron chi connectivity index (χ4n) is 2.14. The zero-order valence-corrected chi connectivity index (χ0v) is 11.1. The maximum atomic E-state index is 11.7. The Balaban J connectivity index is 2.05. The van der Waals surface area contributed by atoms with Gasteiger partial charge in [-0.1, -0.05) is 0 Å². The Bertz CT molecular complexity index is 450. The number of nitrogens with zero attached hydrogens (tertiary/aromatic N) is 2. The van der Waals surface area contributed by atoms with Crippen molar-refractivity contribution in [3.05, 3.63) is 23.9 Å². The molecule has 0 radical (unpaired) electrons. The van der Waals surface area contributed by atoms with E-state index in [1.54, 1.807) is 19.1 Å². The molecule has 1 fully saturated rings. The molecule has 0 amide bonds. The minimum absolute atomic E-state index is 0.198. The second-order valence-electron chi connectivity index (χ2n) is 4.50. The number of carbonyl (C=O) groups is 2. The van der Waals surface area contributed by atoms with Gasteiger partial charge in [0.15, 0.2) is 0 Å². The van der Waals surface area contributed by atoms with Crippen LogP contribution in [0.5, 0.6) is 0 Å². The Morgan fingerprint density at radius 3 is 2.58 bits per heavy atom. The van der Waals surface area contributed by atoms with Crippen LogP contribution in [0.3, 0.4) is 0 Å². The number of hydrogen-bond acceptors (Lipinski definition) is 5. The third-order valence-corrected chi connectivity index (χ3v) is 3.15. The molecule has 2 rings (SSSR count). The van der Waals surface area contributed by atoms with Gasteiger partial charge in [-0.05, 0) is 38.3 Å². The van der Waals surface area contributed by atoms with Crippen molar-refractivity contribution in [2.75, 3.05) is 24.6 Å². The van der Waals surface area contributed by atoms with E-state index in [0.29, 0.717) is 0 Å². The molecule has 1 aromatic heterocycles. The number of hydrogen-bond donors (Lipinski definition) is 0. The largest absolute Gasteiger partial charge is 0.460 e. The molecule has 0 N–H and O–H groups in total. The van der Waals surface area contributed by atoms with Gasteiger partial charge >= 0.3 is 5.97 Å². The minimum atomic E-state index is -0.824. The molecule has 19 heavy (non-hydrogen) atoms.